The smallest absolute Gasteiger partial charge is 0.322 e. The molecular weight excluding hydrogens is 428 g/mol. The first kappa shape index (κ1) is 21.8. The van der Waals surface area contributed by atoms with Gasteiger partial charge in [-0.05, 0) is 50.2 Å². The largest absolute Gasteiger partial charge is 0.495 e. The van der Waals surface area contributed by atoms with Crippen molar-refractivity contribution in [2.75, 3.05) is 32.1 Å². The van der Waals surface area contributed by atoms with Gasteiger partial charge in [0.25, 0.3) is 0 Å². The van der Waals surface area contributed by atoms with E-state index in [4.69, 9.17) is 14.5 Å². The minimum Gasteiger partial charge on any atom is -0.495 e. The van der Waals surface area contributed by atoms with E-state index in [0.717, 1.165) is 34.1 Å². The number of ether oxygens (including phenoxy) is 2. The molecule has 1 atom stereocenters. The van der Waals surface area contributed by atoms with E-state index in [1.807, 2.05) is 65.6 Å². The number of methoxy groups -OCH3 is 1. The van der Waals surface area contributed by atoms with Gasteiger partial charge in [-0.1, -0.05) is 35.9 Å². The Hall–Kier alpha value is -4.00. The summed E-state index contributed by atoms with van der Waals surface area (Å²) in [5.41, 5.74) is 3.57. The molecule has 5 rings (SSSR count). The van der Waals surface area contributed by atoms with E-state index in [9.17, 15) is 4.79 Å². The van der Waals surface area contributed by atoms with Crippen LogP contribution in [-0.4, -0.2) is 54.5 Å². The summed E-state index contributed by atoms with van der Waals surface area (Å²) in [4.78, 5) is 22.2. The van der Waals surface area contributed by atoms with E-state index >= 15 is 0 Å². The minimum absolute atomic E-state index is 0.0150. The van der Waals surface area contributed by atoms with Crippen molar-refractivity contribution in [3.8, 4) is 17.2 Å². The molecule has 7 nitrogen and oxygen atoms in total. The molecule has 0 bridgehead atoms. The highest BCUT2D eigenvalue weighted by atomic mass is 16.5. The Balaban J connectivity index is 1.39. The molecule has 0 saturated carbocycles. The molecule has 1 saturated heterocycles. The van der Waals surface area contributed by atoms with Crippen LogP contribution in [0.3, 0.4) is 0 Å². The molecule has 2 aliphatic rings. The number of rotatable bonds is 2. The molecule has 0 aliphatic carbocycles. The number of carbonyl (C=O) groups is 1. The standard InChI is InChI=1S/C27H28N4O3/c1-18-12-13-23-20(16-18)26(28-22-9-5-7-11-25(22)34-23)30-14-15-31(19(2)17-30)27(32)29-21-8-4-6-10-24(21)33-3/h4-13,16,19H,14-15,17H2,1-3H3,(H,29,32). The number of hydrogen-bond acceptors (Lipinski definition) is 5. The van der Waals surface area contributed by atoms with Crippen LogP contribution in [0.1, 0.15) is 18.1 Å². The molecule has 1 fully saturated rings. The summed E-state index contributed by atoms with van der Waals surface area (Å²) in [6.07, 6.45) is 0. The highest BCUT2D eigenvalue weighted by Crippen LogP contribution is 2.38. The fraction of sp³-hybridized carbons (Fsp3) is 0.259. The second kappa shape index (κ2) is 9.09. The van der Waals surface area contributed by atoms with Crippen molar-refractivity contribution < 1.29 is 14.3 Å². The number of amidine groups is 1. The lowest BCUT2D eigenvalue weighted by Gasteiger charge is -2.41. The van der Waals surface area contributed by atoms with Gasteiger partial charge in [-0.25, -0.2) is 9.79 Å². The number of para-hydroxylation sites is 4. The van der Waals surface area contributed by atoms with E-state index in [1.165, 1.54) is 0 Å². The van der Waals surface area contributed by atoms with E-state index in [-0.39, 0.29) is 12.1 Å². The Morgan fingerprint density at radius 1 is 1.06 bits per heavy atom. The number of benzene rings is 3. The molecular formula is C27H28N4O3. The number of nitrogens with one attached hydrogen (secondary N) is 1. The third kappa shape index (κ3) is 4.17. The molecule has 34 heavy (non-hydrogen) atoms. The van der Waals surface area contributed by atoms with Crippen LogP contribution < -0.4 is 14.8 Å². The van der Waals surface area contributed by atoms with Gasteiger partial charge in [0.1, 0.15) is 23.0 Å². The fourth-order valence-corrected chi connectivity index (χ4v) is 4.46. The van der Waals surface area contributed by atoms with Gasteiger partial charge < -0.3 is 24.6 Å². The lowest BCUT2D eigenvalue weighted by atomic mass is 10.1. The number of nitrogens with zero attached hydrogens (tertiary/aromatic N) is 3. The summed E-state index contributed by atoms with van der Waals surface area (Å²) < 4.78 is 11.6. The molecule has 7 heteroatoms. The molecule has 2 heterocycles. The maximum atomic E-state index is 13.1. The van der Waals surface area contributed by atoms with Crippen LogP contribution >= 0.6 is 0 Å². The molecule has 0 aromatic heterocycles. The zero-order valence-corrected chi connectivity index (χ0v) is 19.6. The summed E-state index contributed by atoms with van der Waals surface area (Å²) in [5.74, 6) is 3.05. The molecule has 174 valence electrons. The first-order valence-electron chi connectivity index (χ1n) is 11.5. The lowest BCUT2D eigenvalue weighted by Crippen LogP contribution is -2.56. The van der Waals surface area contributed by atoms with Crippen molar-refractivity contribution >= 4 is 23.2 Å². The summed E-state index contributed by atoms with van der Waals surface area (Å²) >= 11 is 0. The Morgan fingerprint density at radius 2 is 1.85 bits per heavy atom. The number of hydrogen-bond donors (Lipinski definition) is 1. The predicted molar refractivity (Wildman–Crippen MR) is 134 cm³/mol. The number of anilines is 1. The van der Waals surface area contributed by atoms with Gasteiger partial charge in [0.15, 0.2) is 5.75 Å². The van der Waals surface area contributed by atoms with Gasteiger partial charge in [-0.15, -0.1) is 0 Å². The number of urea groups is 1. The summed E-state index contributed by atoms with van der Waals surface area (Å²) in [6, 6.07) is 21.3. The second-order valence-corrected chi connectivity index (χ2v) is 8.62. The Labute approximate surface area is 199 Å². The molecule has 2 aliphatic heterocycles. The normalized spacial score (nSPS) is 17.0. The molecule has 1 N–H and O–H groups in total. The third-order valence-electron chi connectivity index (χ3n) is 6.22. The maximum absolute atomic E-state index is 13.1. The van der Waals surface area contributed by atoms with Gasteiger partial charge >= 0.3 is 6.03 Å². The topological polar surface area (TPSA) is 66.4 Å². The zero-order valence-electron chi connectivity index (χ0n) is 19.6. The zero-order chi connectivity index (χ0) is 23.7. The Kier molecular flexibility index (Phi) is 5.84. The van der Waals surface area contributed by atoms with Crippen molar-refractivity contribution in [1.82, 2.24) is 9.80 Å². The average molecular weight is 457 g/mol. The number of aryl methyl sites for hydroxylation is 1. The van der Waals surface area contributed by atoms with E-state index in [2.05, 4.69) is 30.1 Å². The van der Waals surface area contributed by atoms with Crippen LogP contribution in [0, 0.1) is 6.92 Å². The van der Waals surface area contributed by atoms with Crippen LogP contribution in [0.2, 0.25) is 0 Å². The van der Waals surface area contributed by atoms with Gasteiger partial charge in [0.2, 0.25) is 0 Å². The van der Waals surface area contributed by atoms with Gasteiger partial charge in [0, 0.05) is 25.7 Å². The average Bonchev–Trinajstić information content (AvgIpc) is 3.00. The van der Waals surface area contributed by atoms with E-state index in [1.54, 1.807) is 7.11 Å². The van der Waals surface area contributed by atoms with Crippen LogP contribution in [-0.2, 0) is 0 Å². The highest BCUT2D eigenvalue weighted by Gasteiger charge is 2.32. The summed E-state index contributed by atoms with van der Waals surface area (Å²) in [7, 11) is 1.60. The maximum Gasteiger partial charge on any atom is 0.322 e. The lowest BCUT2D eigenvalue weighted by molar-refractivity contribution is 0.144. The number of aliphatic imine (C=N–C) groups is 1. The molecule has 0 radical (unpaired) electrons. The van der Waals surface area contributed by atoms with Gasteiger partial charge in [0.05, 0.1) is 18.4 Å². The SMILES string of the molecule is COc1ccccc1NC(=O)N1CCN(C2=Nc3ccccc3Oc3ccc(C)cc32)CC1C. The molecule has 0 spiro atoms. The number of amides is 2. The summed E-state index contributed by atoms with van der Waals surface area (Å²) in [6.45, 7) is 6.03. The summed E-state index contributed by atoms with van der Waals surface area (Å²) in [5, 5.41) is 3.00. The third-order valence-corrected chi connectivity index (χ3v) is 6.22. The van der Waals surface area contributed by atoms with E-state index in [0.29, 0.717) is 31.1 Å². The van der Waals surface area contributed by atoms with Crippen molar-refractivity contribution in [2.45, 2.75) is 19.9 Å². The van der Waals surface area contributed by atoms with Crippen LogP contribution in [0.4, 0.5) is 16.2 Å². The molecule has 3 aromatic rings. The van der Waals surface area contributed by atoms with Crippen LogP contribution in [0.15, 0.2) is 71.7 Å². The van der Waals surface area contributed by atoms with Gasteiger partial charge in [-0.3, -0.25) is 0 Å². The predicted octanol–water partition coefficient (Wildman–Crippen LogP) is 5.43. The quantitative estimate of drug-likeness (QED) is 0.559. The number of carbonyl (C=O) groups excluding carboxylic acids is 1. The first-order valence-corrected chi connectivity index (χ1v) is 11.5. The van der Waals surface area contributed by atoms with Crippen molar-refractivity contribution in [3.05, 3.63) is 77.9 Å². The molecule has 3 aromatic carbocycles. The first-order chi connectivity index (χ1) is 16.5. The number of piperazine rings is 1. The minimum atomic E-state index is -0.135. The van der Waals surface area contributed by atoms with Crippen LogP contribution in [0.5, 0.6) is 17.2 Å². The Bertz CT molecular complexity index is 1260. The molecule has 1 unspecified atom stereocenters. The second-order valence-electron chi connectivity index (χ2n) is 8.62. The van der Waals surface area contributed by atoms with Crippen molar-refractivity contribution in [1.29, 1.82) is 0 Å². The monoisotopic (exact) mass is 456 g/mol. The fourth-order valence-electron chi connectivity index (χ4n) is 4.46. The van der Waals surface area contributed by atoms with Crippen LogP contribution in [0.25, 0.3) is 0 Å². The number of fused-ring (bicyclic) bond motifs is 2. The van der Waals surface area contributed by atoms with Crippen molar-refractivity contribution in [3.63, 3.8) is 0 Å². The Morgan fingerprint density at radius 3 is 2.68 bits per heavy atom. The van der Waals surface area contributed by atoms with E-state index < -0.39 is 0 Å². The highest BCUT2D eigenvalue weighted by molar-refractivity contribution is 6.04. The van der Waals surface area contributed by atoms with Crippen molar-refractivity contribution in [2.24, 2.45) is 4.99 Å². The van der Waals surface area contributed by atoms with Gasteiger partial charge in [-0.2, -0.15) is 0 Å². The molecule has 2 amide bonds.